The summed E-state index contributed by atoms with van der Waals surface area (Å²) in [6, 6.07) is 0. The van der Waals surface area contributed by atoms with Crippen molar-refractivity contribution in [1.82, 2.24) is 5.48 Å². The molecule has 0 radical (unpaired) electrons. The summed E-state index contributed by atoms with van der Waals surface area (Å²) >= 11 is 0. The van der Waals surface area contributed by atoms with Crippen LogP contribution in [0.2, 0.25) is 0 Å². The van der Waals surface area contributed by atoms with Gasteiger partial charge in [-0.1, -0.05) is 19.0 Å². The van der Waals surface area contributed by atoms with Gasteiger partial charge in [-0.15, -0.1) is 0 Å². The third kappa shape index (κ3) is 1.10. The molecule has 2 rings (SSSR count). The van der Waals surface area contributed by atoms with Gasteiger partial charge < -0.3 is 10.4 Å². The van der Waals surface area contributed by atoms with Crippen molar-refractivity contribution in [3.63, 3.8) is 0 Å². The molecule has 0 heterocycles. The van der Waals surface area contributed by atoms with Crippen molar-refractivity contribution >= 4 is 5.71 Å². The lowest BCUT2D eigenvalue weighted by Crippen LogP contribution is -2.50. The number of nitrogens with one attached hydrogen (secondary N) is 1. The number of hydroxylamine groups is 1. The number of rotatable bonds is 1. The van der Waals surface area contributed by atoms with E-state index in [0.717, 1.165) is 12.8 Å². The monoisotopic (exact) mass is 198 g/mol. The van der Waals surface area contributed by atoms with Gasteiger partial charge in [0.15, 0.2) is 0 Å². The molecule has 2 fully saturated rings. The van der Waals surface area contributed by atoms with Gasteiger partial charge in [-0.25, -0.2) is 0 Å². The summed E-state index contributed by atoms with van der Waals surface area (Å²) in [4.78, 5) is 0. The molecule has 2 aliphatic carbocycles. The largest absolute Gasteiger partial charge is 0.411 e. The van der Waals surface area contributed by atoms with E-state index in [1.54, 1.807) is 0 Å². The van der Waals surface area contributed by atoms with Crippen molar-refractivity contribution in [1.29, 1.82) is 0 Å². The second-order valence-electron chi connectivity index (χ2n) is 5.43. The van der Waals surface area contributed by atoms with E-state index in [2.05, 4.69) is 24.5 Å². The van der Waals surface area contributed by atoms with Gasteiger partial charge >= 0.3 is 0 Å². The number of hydrogen-bond acceptors (Lipinski definition) is 4. The fourth-order valence-corrected chi connectivity index (χ4v) is 2.92. The summed E-state index contributed by atoms with van der Waals surface area (Å²) in [6.07, 6.45) is 1.64. The number of hydrogen-bond donors (Lipinski definition) is 3. The zero-order valence-electron chi connectivity index (χ0n) is 8.91. The Morgan fingerprint density at radius 2 is 2.00 bits per heavy atom. The van der Waals surface area contributed by atoms with Gasteiger partial charge in [0.05, 0.1) is 11.3 Å². The first kappa shape index (κ1) is 9.93. The molecular weight excluding hydrogens is 180 g/mol. The van der Waals surface area contributed by atoms with Crippen LogP contribution in [-0.4, -0.2) is 21.7 Å². The maximum absolute atomic E-state index is 9.12. The third-order valence-electron chi connectivity index (χ3n) is 4.33. The lowest BCUT2D eigenvalue weighted by Gasteiger charge is -2.32. The molecule has 3 atom stereocenters. The zero-order chi connectivity index (χ0) is 10.6. The first-order valence-electron chi connectivity index (χ1n) is 5.08. The van der Waals surface area contributed by atoms with E-state index < -0.39 is 5.54 Å². The van der Waals surface area contributed by atoms with Crippen LogP contribution in [0.3, 0.4) is 0 Å². The molecule has 0 aliphatic heterocycles. The topological polar surface area (TPSA) is 64.9 Å². The van der Waals surface area contributed by atoms with Crippen LogP contribution in [-0.2, 0) is 0 Å². The summed E-state index contributed by atoms with van der Waals surface area (Å²) in [5.74, 6) is 1.26. The number of oxime groups is 1. The molecule has 4 nitrogen and oxygen atoms in total. The van der Waals surface area contributed by atoms with Crippen LogP contribution in [0.25, 0.3) is 0 Å². The Kier molecular flexibility index (Phi) is 1.92. The van der Waals surface area contributed by atoms with Crippen molar-refractivity contribution in [2.45, 2.75) is 39.2 Å². The Morgan fingerprint density at radius 1 is 1.36 bits per heavy atom. The van der Waals surface area contributed by atoms with E-state index >= 15 is 0 Å². The van der Waals surface area contributed by atoms with Crippen molar-refractivity contribution < 1.29 is 10.4 Å². The highest BCUT2D eigenvalue weighted by molar-refractivity contribution is 5.94. The minimum absolute atomic E-state index is 0.338. The van der Waals surface area contributed by atoms with Crippen molar-refractivity contribution in [3.05, 3.63) is 0 Å². The molecule has 2 aliphatic rings. The van der Waals surface area contributed by atoms with Crippen LogP contribution in [0.4, 0.5) is 0 Å². The van der Waals surface area contributed by atoms with Crippen LogP contribution in [0.5, 0.6) is 0 Å². The van der Waals surface area contributed by atoms with E-state index in [4.69, 9.17) is 10.4 Å². The molecule has 0 amide bonds. The molecular formula is C10H18N2O2. The highest BCUT2D eigenvalue weighted by Gasteiger charge is 2.63. The maximum atomic E-state index is 9.12. The smallest absolute Gasteiger partial charge is 0.0818 e. The Morgan fingerprint density at radius 3 is 2.50 bits per heavy atom. The first-order valence-corrected chi connectivity index (χ1v) is 5.08. The van der Waals surface area contributed by atoms with Crippen LogP contribution in [0.15, 0.2) is 5.16 Å². The second-order valence-corrected chi connectivity index (χ2v) is 5.43. The molecule has 3 N–H and O–H groups in total. The molecule has 2 saturated carbocycles. The molecule has 14 heavy (non-hydrogen) atoms. The molecule has 0 bridgehead atoms. The van der Waals surface area contributed by atoms with Crippen LogP contribution >= 0.6 is 0 Å². The molecule has 0 unspecified atom stereocenters. The zero-order valence-corrected chi connectivity index (χ0v) is 8.91. The average molecular weight is 198 g/mol. The Balaban J connectivity index is 2.23. The van der Waals surface area contributed by atoms with E-state index in [1.165, 1.54) is 0 Å². The SMILES string of the molecule is CC1(C)[C@@H]2C/C(=N\O)[C@](C)(NO)C[C@@H]21. The fourth-order valence-electron chi connectivity index (χ4n) is 2.92. The highest BCUT2D eigenvalue weighted by Crippen LogP contribution is 2.65. The van der Waals surface area contributed by atoms with Crippen molar-refractivity contribution in [2.75, 3.05) is 0 Å². The quantitative estimate of drug-likeness (QED) is 0.443. The third-order valence-corrected chi connectivity index (χ3v) is 4.33. The van der Waals surface area contributed by atoms with Gasteiger partial charge in [0, 0.05) is 0 Å². The highest BCUT2D eigenvalue weighted by atomic mass is 16.5. The predicted octanol–water partition coefficient (Wildman–Crippen LogP) is 1.62. The molecule has 0 saturated heterocycles. The van der Waals surface area contributed by atoms with Crippen LogP contribution in [0.1, 0.15) is 33.6 Å². The molecule has 0 spiro atoms. The average Bonchev–Trinajstić information content (AvgIpc) is 2.66. The van der Waals surface area contributed by atoms with Gasteiger partial charge in [0.1, 0.15) is 0 Å². The molecule has 0 aromatic heterocycles. The molecule has 0 aromatic rings. The van der Waals surface area contributed by atoms with Gasteiger partial charge in [-0.05, 0) is 37.0 Å². The van der Waals surface area contributed by atoms with Gasteiger partial charge in [-0.3, -0.25) is 0 Å². The molecule has 0 aromatic carbocycles. The van der Waals surface area contributed by atoms with Gasteiger partial charge in [0.2, 0.25) is 0 Å². The Labute approximate surface area is 84.0 Å². The normalized spacial score (nSPS) is 47.6. The predicted molar refractivity (Wildman–Crippen MR) is 52.5 cm³/mol. The summed E-state index contributed by atoms with van der Waals surface area (Å²) < 4.78 is 0. The van der Waals surface area contributed by atoms with Crippen molar-refractivity contribution in [2.24, 2.45) is 22.4 Å². The number of nitrogens with zero attached hydrogens (tertiary/aromatic N) is 1. The number of fused-ring (bicyclic) bond motifs is 1. The minimum atomic E-state index is -0.538. The van der Waals surface area contributed by atoms with Crippen LogP contribution in [0, 0.1) is 17.3 Å². The summed E-state index contributed by atoms with van der Waals surface area (Å²) in [5.41, 5.74) is 2.76. The van der Waals surface area contributed by atoms with E-state index in [1.807, 2.05) is 6.92 Å². The molecule has 4 heteroatoms. The Bertz CT molecular complexity index is 288. The summed E-state index contributed by atoms with van der Waals surface area (Å²) in [7, 11) is 0. The summed E-state index contributed by atoms with van der Waals surface area (Å²) in [6.45, 7) is 6.35. The molecule has 80 valence electrons. The van der Waals surface area contributed by atoms with Gasteiger partial charge in [-0.2, -0.15) is 5.48 Å². The fraction of sp³-hybridized carbons (Fsp3) is 0.900. The lowest BCUT2D eigenvalue weighted by atomic mass is 9.82. The minimum Gasteiger partial charge on any atom is -0.411 e. The van der Waals surface area contributed by atoms with E-state index in [-0.39, 0.29) is 0 Å². The van der Waals surface area contributed by atoms with E-state index in [0.29, 0.717) is 23.0 Å². The maximum Gasteiger partial charge on any atom is 0.0818 e. The van der Waals surface area contributed by atoms with Crippen molar-refractivity contribution in [3.8, 4) is 0 Å². The van der Waals surface area contributed by atoms with Crippen LogP contribution < -0.4 is 5.48 Å². The first-order chi connectivity index (χ1) is 6.45. The standard InChI is InChI=1S/C10H18N2O2/c1-9(2)6-4-8(11-13)10(3,12-14)5-7(6)9/h6-7,12-14H,4-5H2,1-3H3/b11-8+/t6-,7+,10-/m1/s1. The van der Waals surface area contributed by atoms with E-state index in [9.17, 15) is 0 Å². The summed E-state index contributed by atoms with van der Waals surface area (Å²) in [5, 5.41) is 21.3. The van der Waals surface area contributed by atoms with Gasteiger partial charge in [0.25, 0.3) is 0 Å². The second kappa shape index (κ2) is 2.70. The lowest BCUT2D eigenvalue weighted by molar-refractivity contribution is 0.0902. The Hall–Kier alpha value is -0.610.